The number of hydrogen-bond acceptors (Lipinski definition) is 6. The third-order valence-electron chi connectivity index (χ3n) is 4.94. The summed E-state index contributed by atoms with van der Waals surface area (Å²) < 4.78 is 21.7. The molecule has 6 nitrogen and oxygen atoms in total. The second-order valence-corrected chi connectivity index (χ2v) is 6.81. The molecule has 0 aliphatic heterocycles. The highest BCUT2D eigenvalue weighted by Crippen LogP contribution is 2.37. The quantitative estimate of drug-likeness (QED) is 0.377. The standard InChI is InChI=1S/C22H20O6/c1-12-16-11-15(27-21(23)13-4-5-13)7-9-19(16)28-22(24)20(12)17-10-14(25-2)6-8-18(17)26-3/h6-11,13H,4-5H2,1-3H3. The molecule has 0 atom stereocenters. The van der Waals surface area contributed by atoms with Crippen LogP contribution >= 0.6 is 0 Å². The van der Waals surface area contributed by atoms with Crippen molar-refractivity contribution in [1.82, 2.24) is 0 Å². The number of benzene rings is 2. The van der Waals surface area contributed by atoms with E-state index in [9.17, 15) is 9.59 Å². The molecule has 0 radical (unpaired) electrons. The summed E-state index contributed by atoms with van der Waals surface area (Å²) in [4.78, 5) is 24.7. The van der Waals surface area contributed by atoms with E-state index in [-0.39, 0.29) is 11.9 Å². The molecular formula is C22H20O6. The lowest BCUT2D eigenvalue weighted by molar-refractivity contribution is -0.135. The molecule has 2 aromatic carbocycles. The number of carbonyl (C=O) groups is 1. The normalized spacial score (nSPS) is 13.4. The van der Waals surface area contributed by atoms with Crippen molar-refractivity contribution in [3.8, 4) is 28.4 Å². The number of fused-ring (bicyclic) bond motifs is 1. The third-order valence-corrected chi connectivity index (χ3v) is 4.94. The third kappa shape index (κ3) is 3.22. The van der Waals surface area contributed by atoms with Gasteiger partial charge < -0.3 is 18.6 Å². The number of ether oxygens (including phenoxy) is 3. The molecule has 6 heteroatoms. The Balaban J connectivity index is 1.87. The second kappa shape index (κ2) is 7.03. The van der Waals surface area contributed by atoms with Gasteiger partial charge in [0.1, 0.15) is 22.8 Å². The molecule has 1 aromatic heterocycles. The first-order valence-corrected chi connectivity index (χ1v) is 9.03. The van der Waals surface area contributed by atoms with Crippen molar-refractivity contribution in [3.05, 3.63) is 52.4 Å². The smallest absolute Gasteiger partial charge is 0.344 e. The second-order valence-electron chi connectivity index (χ2n) is 6.81. The van der Waals surface area contributed by atoms with E-state index < -0.39 is 5.63 Å². The van der Waals surface area contributed by atoms with Crippen molar-refractivity contribution < 1.29 is 23.4 Å². The van der Waals surface area contributed by atoms with Crippen LogP contribution in [0.3, 0.4) is 0 Å². The summed E-state index contributed by atoms with van der Waals surface area (Å²) in [6.07, 6.45) is 1.75. The Bertz CT molecular complexity index is 1120. The van der Waals surface area contributed by atoms with Crippen molar-refractivity contribution in [1.29, 1.82) is 0 Å². The summed E-state index contributed by atoms with van der Waals surface area (Å²) in [7, 11) is 3.10. The first kappa shape index (κ1) is 18.1. The SMILES string of the molecule is COc1ccc(OC)c(-c2c(C)c3cc(OC(=O)C4CC4)ccc3oc2=O)c1. The molecule has 1 aliphatic carbocycles. The van der Waals surface area contributed by atoms with Crippen LogP contribution in [0, 0.1) is 12.8 Å². The van der Waals surface area contributed by atoms with E-state index in [0.29, 0.717) is 44.9 Å². The first-order chi connectivity index (χ1) is 13.5. The van der Waals surface area contributed by atoms with Crippen LogP contribution in [0.2, 0.25) is 0 Å². The number of aryl methyl sites for hydroxylation is 1. The lowest BCUT2D eigenvalue weighted by Gasteiger charge is -2.13. The van der Waals surface area contributed by atoms with Gasteiger partial charge in [0.25, 0.3) is 0 Å². The average Bonchev–Trinajstić information content (AvgIpc) is 3.54. The molecule has 0 bridgehead atoms. The molecule has 1 saturated carbocycles. The van der Waals surface area contributed by atoms with Gasteiger partial charge in [0, 0.05) is 10.9 Å². The molecule has 144 valence electrons. The van der Waals surface area contributed by atoms with Crippen LogP contribution in [0.1, 0.15) is 18.4 Å². The average molecular weight is 380 g/mol. The zero-order valence-electron chi connectivity index (χ0n) is 15.9. The maximum absolute atomic E-state index is 12.7. The van der Waals surface area contributed by atoms with Gasteiger partial charge in [0.15, 0.2) is 0 Å². The Labute approximate surface area is 161 Å². The molecule has 0 saturated heterocycles. The Kier molecular flexibility index (Phi) is 4.55. The number of rotatable bonds is 5. The molecule has 1 heterocycles. The highest BCUT2D eigenvalue weighted by molar-refractivity contribution is 5.89. The van der Waals surface area contributed by atoms with Gasteiger partial charge in [0.05, 0.1) is 25.7 Å². The predicted molar refractivity (Wildman–Crippen MR) is 104 cm³/mol. The Morgan fingerprint density at radius 2 is 1.79 bits per heavy atom. The van der Waals surface area contributed by atoms with Gasteiger partial charge in [-0.1, -0.05) is 0 Å². The summed E-state index contributed by atoms with van der Waals surface area (Å²) in [6, 6.07) is 10.2. The zero-order chi connectivity index (χ0) is 19.8. The van der Waals surface area contributed by atoms with E-state index in [1.54, 1.807) is 50.6 Å². The fourth-order valence-electron chi connectivity index (χ4n) is 3.23. The van der Waals surface area contributed by atoms with Gasteiger partial charge in [-0.2, -0.15) is 0 Å². The minimum absolute atomic E-state index is 0.00195. The highest BCUT2D eigenvalue weighted by atomic mass is 16.5. The lowest BCUT2D eigenvalue weighted by atomic mass is 9.98. The molecule has 3 aromatic rings. The first-order valence-electron chi connectivity index (χ1n) is 9.03. The van der Waals surface area contributed by atoms with Crippen LogP contribution in [0.25, 0.3) is 22.1 Å². The van der Waals surface area contributed by atoms with Crippen LogP contribution in [-0.4, -0.2) is 20.2 Å². The van der Waals surface area contributed by atoms with Crippen molar-refractivity contribution in [2.45, 2.75) is 19.8 Å². The number of hydrogen-bond donors (Lipinski definition) is 0. The van der Waals surface area contributed by atoms with Crippen molar-refractivity contribution in [3.63, 3.8) is 0 Å². The molecule has 0 spiro atoms. The van der Waals surface area contributed by atoms with Crippen molar-refractivity contribution in [2.24, 2.45) is 5.92 Å². The van der Waals surface area contributed by atoms with E-state index in [0.717, 1.165) is 12.8 Å². The van der Waals surface area contributed by atoms with Crippen molar-refractivity contribution in [2.75, 3.05) is 14.2 Å². The Morgan fingerprint density at radius 1 is 1.04 bits per heavy atom. The molecular weight excluding hydrogens is 360 g/mol. The predicted octanol–water partition coefficient (Wildman–Crippen LogP) is 4.10. The summed E-state index contributed by atoms with van der Waals surface area (Å²) in [5.74, 6) is 1.35. The number of methoxy groups -OCH3 is 2. The zero-order valence-corrected chi connectivity index (χ0v) is 15.9. The maximum atomic E-state index is 12.7. The molecule has 1 aliphatic rings. The fourth-order valence-corrected chi connectivity index (χ4v) is 3.23. The Morgan fingerprint density at radius 3 is 2.46 bits per heavy atom. The molecule has 4 rings (SSSR count). The molecule has 1 fully saturated rings. The fraction of sp³-hybridized carbons (Fsp3) is 0.273. The number of carbonyl (C=O) groups excluding carboxylic acids is 1. The van der Waals surface area contributed by atoms with E-state index in [1.165, 1.54) is 0 Å². The van der Waals surface area contributed by atoms with Gasteiger partial charge in [-0.25, -0.2) is 4.79 Å². The maximum Gasteiger partial charge on any atom is 0.344 e. The number of esters is 1. The lowest BCUT2D eigenvalue weighted by Crippen LogP contribution is -2.10. The molecule has 0 unspecified atom stereocenters. The van der Waals surface area contributed by atoms with Crippen LogP contribution in [0.5, 0.6) is 17.2 Å². The van der Waals surface area contributed by atoms with E-state index in [4.69, 9.17) is 18.6 Å². The van der Waals surface area contributed by atoms with Gasteiger partial charge >= 0.3 is 11.6 Å². The summed E-state index contributed by atoms with van der Waals surface area (Å²) in [6.45, 7) is 1.83. The summed E-state index contributed by atoms with van der Waals surface area (Å²) in [5, 5.41) is 0.695. The topological polar surface area (TPSA) is 75.0 Å². The van der Waals surface area contributed by atoms with Gasteiger partial charge in [-0.05, 0) is 61.7 Å². The summed E-state index contributed by atoms with van der Waals surface area (Å²) in [5.41, 5.74) is 1.63. The monoisotopic (exact) mass is 380 g/mol. The van der Waals surface area contributed by atoms with Gasteiger partial charge in [0.2, 0.25) is 0 Å². The van der Waals surface area contributed by atoms with Crippen LogP contribution in [0.15, 0.2) is 45.6 Å². The Hall–Kier alpha value is -3.28. The minimum atomic E-state index is -0.473. The molecule has 28 heavy (non-hydrogen) atoms. The molecule has 0 N–H and O–H groups in total. The summed E-state index contributed by atoms with van der Waals surface area (Å²) >= 11 is 0. The van der Waals surface area contributed by atoms with Gasteiger partial charge in [-0.3, -0.25) is 4.79 Å². The van der Waals surface area contributed by atoms with E-state index in [1.807, 2.05) is 6.92 Å². The van der Waals surface area contributed by atoms with Crippen LogP contribution < -0.4 is 19.8 Å². The van der Waals surface area contributed by atoms with Crippen LogP contribution in [-0.2, 0) is 4.79 Å². The van der Waals surface area contributed by atoms with Gasteiger partial charge in [-0.15, -0.1) is 0 Å². The van der Waals surface area contributed by atoms with E-state index >= 15 is 0 Å². The van der Waals surface area contributed by atoms with E-state index in [2.05, 4.69) is 0 Å². The van der Waals surface area contributed by atoms with Crippen LogP contribution in [0.4, 0.5) is 0 Å². The largest absolute Gasteiger partial charge is 0.497 e. The van der Waals surface area contributed by atoms with Crippen molar-refractivity contribution >= 4 is 16.9 Å². The highest BCUT2D eigenvalue weighted by Gasteiger charge is 2.31. The minimum Gasteiger partial charge on any atom is -0.497 e. The molecule has 0 amide bonds.